The quantitative estimate of drug-likeness (QED) is 0.636. The molecule has 4 rings (SSSR count). The molecule has 5 heteroatoms. The SMILES string of the molecule is O=c1c2ccccc2nc2n1CCSc1sccc1-2. The number of thioether (sulfide) groups is 1. The maximum atomic E-state index is 12.6. The molecule has 0 unspecified atom stereocenters. The van der Waals surface area contributed by atoms with Gasteiger partial charge < -0.3 is 0 Å². The van der Waals surface area contributed by atoms with Gasteiger partial charge in [-0.1, -0.05) is 12.1 Å². The molecule has 3 heterocycles. The molecule has 0 saturated heterocycles. The Bertz CT molecular complexity index is 835. The number of rotatable bonds is 0. The smallest absolute Gasteiger partial charge is 0.261 e. The number of hydrogen-bond acceptors (Lipinski definition) is 4. The van der Waals surface area contributed by atoms with E-state index in [0.29, 0.717) is 5.39 Å². The van der Waals surface area contributed by atoms with Crippen LogP contribution in [0.1, 0.15) is 0 Å². The molecule has 94 valence electrons. The minimum Gasteiger partial charge on any atom is -0.291 e. The highest BCUT2D eigenvalue weighted by Crippen LogP contribution is 2.37. The van der Waals surface area contributed by atoms with E-state index in [1.165, 1.54) is 4.21 Å². The second-order valence-electron chi connectivity index (χ2n) is 4.38. The van der Waals surface area contributed by atoms with Gasteiger partial charge >= 0.3 is 0 Å². The molecule has 0 amide bonds. The predicted molar refractivity (Wildman–Crippen MR) is 80.0 cm³/mol. The van der Waals surface area contributed by atoms with Crippen LogP contribution in [0.25, 0.3) is 22.3 Å². The van der Waals surface area contributed by atoms with Crippen LogP contribution in [-0.2, 0) is 6.54 Å². The molecule has 0 aliphatic carbocycles. The summed E-state index contributed by atoms with van der Waals surface area (Å²) in [7, 11) is 0. The van der Waals surface area contributed by atoms with E-state index in [1.807, 2.05) is 28.8 Å². The second kappa shape index (κ2) is 4.21. The van der Waals surface area contributed by atoms with Crippen molar-refractivity contribution in [3.63, 3.8) is 0 Å². The zero-order chi connectivity index (χ0) is 12.8. The van der Waals surface area contributed by atoms with E-state index in [-0.39, 0.29) is 5.56 Å². The first kappa shape index (κ1) is 11.3. The first-order valence-electron chi connectivity index (χ1n) is 6.05. The van der Waals surface area contributed by atoms with E-state index >= 15 is 0 Å². The molecule has 0 radical (unpaired) electrons. The Hall–Kier alpha value is -1.59. The summed E-state index contributed by atoms with van der Waals surface area (Å²) < 4.78 is 3.07. The summed E-state index contributed by atoms with van der Waals surface area (Å²) in [6.45, 7) is 0.720. The first-order chi connectivity index (χ1) is 9.34. The summed E-state index contributed by atoms with van der Waals surface area (Å²) in [6.07, 6.45) is 0. The normalized spacial score (nSPS) is 13.9. The van der Waals surface area contributed by atoms with E-state index in [4.69, 9.17) is 4.98 Å². The van der Waals surface area contributed by atoms with Crippen molar-refractivity contribution < 1.29 is 0 Å². The van der Waals surface area contributed by atoms with Crippen molar-refractivity contribution in [2.45, 2.75) is 10.8 Å². The summed E-state index contributed by atoms with van der Waals surface area (Å²) in [4.78, 5) is 17.3. The Morgan fingerprint density at radius 2 is 2.11 bits per heavy atom. The van der Waals surface area contributed by atoms with Crippen LogP contribution in [0.4, 0.5) is 0 Å². The van der Waals surface area contributed by atoms with Crippen molar-refractivity contribution in [1.82, 2.24) is 9.55 Å². The number of nitrogens with zero attached hydrogens (tertiary/aromatic N) is 2. The van der Waals surface area contributed by atoms with Gasteiger partial charge in [-0.3, -0.25) is 9.36 Å². The molecule has 1 aromatic carbocycles. The minimum absolute atomic E-state index is 0.0697. The third-order valence-corrected chi connectivity index (χ3v) is 5.50. The van der Waals surface area contributed by atoms with Crippen LogP contribution in [0.2, 0.25) is 0 Å². The molecule has 0 saturated carbocycles. The Kier molecular flexibility index (Phi) is 2.50. The van der Waals surface area contributed by atoms with Crippen LogP contribution >= 0.6 is 23.1 Å². The van der Waals surface area contributed by atoms with Crippen molar-refractivity contribution in [3.05, 3.63) is 46.1 Å². The van der Waals surface area contributed by atoms with Gasteiger partial charge in [0, 0.05) is 17.9 Å². The van der Waals surface area contributed by atoms with E-state index in [9.17, 15) is 4.79 Å². The Balaban J connectivity index is 2.15. The summed E-state index contributed by atoms with van der Waals surface area (Å²) >= 11 is 3.53. The third-order valence-electron chi connectivity index (χ3n) is 3.28. The molecular formula is C14H10N2OS2. The van der Waals surface area contributed by atoms with Gasteiger partial charge in [-0.25, -0.2) is 4.98 Å². The number of thiophene rings is 1. The highest BCUT2D eigenvalue weighted by molar-refractivity contribution is 8.01. The van der Waals surface area contributed by atoms with Crippen molar-refractivity contribution in [3.8, 4) is 11.4 Å². The molecular weight excluding hydrogens is 276 g/mol. The maximum absolute atomic E-state index is 12.6. The lowest BCUT2D eigenvalue weighted by molar-refractivity contribution is 0.739. The van der Waals surface area contributed by atoms with Gasteiger partial charge in [-0.2, -0.15) is 0 Å². The third kappa shape index (κ3) is 1.65. The summed E-state index contributed by atoms with van der Waals surface area (Å²) in [5.74, 6) is 1.73. The zero-order valence-electron chi connectivity index (χ0n) is 10.00. The predicted octanol–water partition coefficient (Wildman–Crippen LogP) is 3.23. The average molecular weight is 286 g/mol. The second-order valence-corrected chi connectivity index (χ2v) is 6.66. The molecule has 1 aliphatic rings. The molecule has 0 spiro atoms. The summed E-state index contributed by atoms with van der Waals surface area (Å²) in [6, 6.07) is 9.63. The molecule has 0 fully saturated rings. The van der Waals surface area contributed by atoms with Gasteiger partial charge in [0.25, 0.3) is 5.56 Å². The zero-order valence-corrected chi connectivity index (χ0v) is 11.6. The lowest BCUT2D eigenvalue weighted by atomic mass is 10.2. The van der Waals surface area contributed by atoms with Crippen LogP contribution in [-0.4, -0.2) is 15.3 Å². The van der Waals surface area contributed by atoms with E-state index < -0.39 is 0 Å². The number of hydrogen-bond donors (Lipinski definition) is 0. The Labute approximate surface area is 117 Å². The van der Waals surface area contributed by atoms with Crippen molar-refractivity contribution in [1.29, 1.82) is 0 Å². The summed E-state index contributed by atoms with van der Waals surface area (Å²) in [5, 5.41) is 2.77. The first-order valence-corrected chi connectivity index (χ1v) is 7.91. The lowest BCUT2D eigenvalue weighted by Gasteiger charge is -2.09. The van der Waals surface area contributed by atoms with Gasteiger partial charge in [0.2, 0.25) is 0 Å². The van der Waals surface area contributed by atoms with Crippen LogP contribution in [0.5, 0.6) is 0 Å². The van der Waals surface area contributed by atoms with E-state index in [2.05, 4.69) is 11.4 Å². The average Bonchev–Trinajstić information content (AvgIpc) is 2.83. The van der Waals surface area contributed by atoms with Crippen LogP contribution < -0.4 is 5.56 Å². The monoisotopic (exact) mass is 286 g/mol. The Morgan fingerprint density at radius 3 is 3.05 bits per heavy atom. The number of para-hydroxylation sites is 1. The fourth-order valence-electron chi connectivity index (χ4n) is 2.38. The van der Waals surface area contributed by atoms with Gasteiger partial charge in [0.1, 0.15) is 5.82 Å². The van der Waals surface area contributed by atoms with Gasteiger partial charge in [-0.05, 0) is 23.6 Å². The van der Waals surface area contributed by atoms with Crippen LogP contribution in [0.15, 0.2) is 44.7 Å². The fraction of sp³-hybridized carbons (Fsp3) is 0.143. The summed E-state index contributed by atoms with van der Waals surface area (Å²) in [5.41, 5.74) is 1.94. The number of aromatic nitrogens is 2. The molecule has 0 N–H and O–H groups in total. The molecule has 0 bridgehead atoms. The van der Waals surface area contributed by atoms with Crippen LogP contribution in [0, 0.1) is 0 Å². The lowest BCUT2D eigenvalue weighted by Crippen LogP contribution is -2.23. The van der Waals surface area contributed by atoms with Crippen LogP contribution in [0.3, 0.4) is 0 Å². The largest absolute Gasteiger partial charge is 0.291 e. The number of benzene rings is 1. The molecule has 19 heavy (non-hydrogen) atoms. The van der Waals surface area contributed by atoms with E-state index in [1.54, 1.807) is 23.1 Å². The number of fused-ring (bicyclic) bond motifs is 4. The molecule has 3 nitrogen and oxygen atoms in total. The van der Waals surface area contributed by atoms with Crippen molar-refractivity contribution in [2.24, 2.45) is 0 Å². The fourth-order valence-corrected chi connectivity index (χ4v) is 4.46. The standard InChI is InChI=1S/C14H10N2OS2/c17-13-9-3-1-2-4-11(9)15-12-10-5-7-18-14(10)19-8-6-16(12)13/h1-5,7H,6,8H2. The molecule has 0 atom stereocenters. The molecule has 1 aliphatic heterocycles. The van der Waals surface area contributed by atoms with Gasteiger partial charge in [-0.15, -0.1) is 23.1 Å². The van der Waals surface area contributed by atoms with Gasteiger partial charge in [0.05, 0.1) is 15.1 Å². The highest BCUT2D eigenvalue weighted by Gasteiger charge is 2.19. The molecule has 3 aromatic rings. The van der Waals surface area contributed by atoms with Crippen molar-refractivity contribution >= 4 is 34.0 Å². The minimum atomic E-state index is 0.0697. The van der Waals surface area contributed by atoms with Crippen molar-refractivity contribution in [2.75, 3.05) is 5.75 Å². The maximum Gasteiger partial charge on any atom is 0.261 e. The Morgan fingerprint density at radius 1 is 1.21 bits per heavy atom. The molecule has 2 aromatic heterocycles. The van der Waals surface area contributed by atoms with Gasteiger partial charge in [0.15, 0.2) is 0 Å². The topological polar surface area (TPSA) is 34.9 Å². The highest BCUT2D eigenvalue weighted by atomic mass is 32.2. The van der Waals surface area contributed by atoms with E-state index in [0.717, 1.165) is 29.2 Å².